The molecule has 2 heterocycles. The Hall–Kier alpha value is -4.06. The Labute approximate surface area is 917 Å². The summed E-state index contributed by atoms with van der Waals surface area (Å²) in [6, 6.07) is 48.5. The fourth-order valence-corrected chi connectivity index (χ4v) is 11.2. The minimum atomic E-state index is -4.34. The minimum absolute atomic E-state index is 0. The molecule has 0 radical (unpaired) electrons. The molecule has 2 aliphatic rings. The average molecular weight is 2220 g/mol. The number of halogens is 10. The Morgan fingerprint density at radius 1 is 0.484 bits per heavy atom. The Kier molecular flexibility index (Phi) is 75.9. The fourth-order valence-electron chi connectivity index (χ4n) is 6.23. The van der Waals surface area contributed by atoms with Crippen molar-refractivity contribution >= 4 is 224 Å². The van der Waals surface area contributed by atoms with Crippen molar-refractivity contribution in [3.8, 4) is 46.0 Å². The summed E-state index contributed by atoms with van der Waals surface area (Å²) in [6.07, 6.45) is 0.391. The van der Waals surface area contributed by atoms with Crippen LogP contribution in [0.4, 0.5) is 0 Å². The number of ketones is 2. The maximum atomic E-state index is 11.4. The molecule has 0 atom stereocenters. The van der Waals surface area contributed by atoms with Crippen LogP contribution in [-0.2, 0) is 123 Å². The van der Waals surface area contributed by atoms with Crippen LogP contribution < -0.4 is 235 Å². The second-order valence-electron chi connectivity index (χ2n) is 21.0. The monoisotopic (exact) mass is 2220 g/mol. The SMILES string of the molecule is C.C=C1CC(=O)O1.CC(=O)CC(=O)NS(=O)(=O)Oc1ccc(Cl)cc1.CC(=O)CC(=O)NS(=O)(=O)Oc1ccccc1.CC1=CC(=O)[N-]S(=O)(=O)O1.N.NS(=O)(=O)Oc1ccc(Cl)cc1.NS(=O)(=O)Oc1ccc(Cl)cc1.O=CS(=O)(=O)O.O=S(=O)(Cl)Oc1ccc(Cl)cc1.O=S(=O)(Cl)Oc1ccc(Cl)cc1.[Cl-].[K+].[K+].[Na+].[Na+].[O-]c1ccc(Cl)cc1.[O-]c1ccc(Cl)cc1. The predicted molar refractivity (Wildman–Crippen MR) is 452 cm³/mol. The summed E-state index contributed by atoms with van der Waals surface area (Å²) < 4.78 is 216. The van der Waals surface area contributed by atoms with Crippen LogP contribution in [0.25, 0.3) is 4.72 Å². The zero-order valence-electron chi connectivity index (χ0n) is 65.8. The molecule has 128 heavy (non-hydrogen) atoms. The largest absolute Gasteiger partial charge is 1.00 e. The van der Waals surface area contributed by atoms with Crippen molar-refractivity contribution in [2.24, 2.45) is 10.3 Å². The molecule has 0 bridgehead atoms. The van der Waals surface area contributed by atoms with Gasteiger partial charge in [-0.1, -0.05) is 138 Å². The molecule has 1 saturated heterocycles. The van der Waals surface area contributed by atoms with Crippen molar-refractivity contribution in [1.29, 1.82) is 0 Å². The second kappa shape index (κ2) is 69.7. The average Bonchev–Trinajstić information content (AvgIpc) is 0.842. The smallest absolute Gasteiger partial charge is 1.00 e. The molecule has 686 valence electrons. The third-order valence-corrected chi connectivity index (χ3v) is 17.1. The van der Waals surface area contributed by atoms with Gasteiger partial charge in [-0.3, -0.25) is 33.3 Å². The zero-order chi connectivity index (χ0) is 92.9. The summed E-state index contributed by atoms with van der Waals surface area (Å²) in [4.78, 5) is 72.6. The van der Waals surface area contributed by atoms with Gasteiger partial charge >= 0.3 is 238 Å². The molecule has 40 nitrogen and oxygen atoms in total. The Morgan fingerprint density at radius 2 is 0.711 bits per heavy atom. The normalized spacial score (nSPS) is 11.4. The molecule has 0 saturated carbocycles. The molecular weight excluding hydrogens is 2160 g/mol. The van der Waals surface area contributed by atoms with Crippen molar-refractivity contribution in [2.45, 2.75) is 47.5 Å². The van der Waals surface area contributed by atoms with E-state index in [4.69, 9.17) is 112 Å². The van der Waals surface area contributed by atoms with Gasteiger partial charge in [0, 0.05) is 41.2 Å². The summed E-state index contributed by atoms with van der Waals surface area (Å²) in [5.74, 6) is -2.48. The van der Waals surface area contributed by atoms with E-state index >= 15 is 0 Å². The standard InChI is InChI=1S/C10H10ClNO5S.C10H11NO5S.2C6H4Cl2O3S.2C6H6ClNO3S.2C6H5ClO.C4H5NO4S.C4H4O2.CH2O4S.CH4.ClH.2K.H3N.2Na/c1-7(13)6-10(14)12-18(15,16)17-9-4-2-8(11)3-5-9;1-8(12)7-10(13)11-17(14,15)16-9-5-3-2-4-6-9;4*7-5-1-3-6(4-2-5)11-12(8,9)10;2*7-5-1-3-6(8)4-2-5;1-3-2-4(6)5-10(7,8)9-3;1-3-2-4(5)6-3;2-1-6(3,4)5;;;;;;;/h2-5H,6H2,1H3,(H,12,14);2-6H,7H2,1H3,(H,11,13);2*1-4H;2*1-4H,(H2,8,9,10);2*1-4,8H;2H,1H3,(H,5,6);1-2H2;1H,(H,3,4,5);1H4;1H;;;1H3;;/q;;;;;;;;;;;;;2*+1;;2*+1/p-4. The van der Waals surface area contributed by atoms with Crippen LogP contribution in [0.5, 0.6) is 46.0 Å². The molecule has 8 aromatic carbocycles. The number of allylic oxidation sites excluding steroid dienone is 1. The number of hydrogen-bond donors (Lipinski definition) is 6. The number of hydrogen-bond acceptors (Lipinski definition) is 34. The fraction of sp³-hybridized carbons (Fsp3) is 0.106. The predicted octanol–water partition coefficient (Wildman–Crippen LogP) is -4.06. The number of esters is 1. The molecule has 8 aromatic rings. The van der Waals surface area contributed by atoms with Gasteiger partial charge in [0.15, 0.2) is 0 Å². The first-order chi connectivity index (χ1) is 55.5. The van der Waals surface area contributed by atoms with E-state index in [2.05, 4.69) is 55.6 Å². The number of cyclic esters (lactones) is 1. The zero-order valence-corrected chi connectivity index (χ0v) is 90.1. The van der Waals surface area contributed by atoms with Gasteiger partial charge < -0.3 is 72.3 Å². The van der Waals surface area contributed by atoms with Crippen LogP contribution in [0.3, 0.4) is 0 Å². The van der Waals surface area contributed by atoms with E-state index in [-0.39, 0.29) is 246 Å². The van der Waals surface area contributed by atoms with Gasteiger partial charge in [0.1, 0.15) is 64.0 Å². The second-order valence-corrected chi connectivity index (χ2v) is 35.5. The van der Waals surface area contributed by atoms with Crippen molar-refractivity contribution in [3.05, 3.63) is 264 Å². The number of para-hydroxylation sites is 1. The number of benzene rings is 8. The van der Waals surface area contributed by atoms with Crippen molar-refractivity contribution in [2.75, 3.05) is 0 Å². The summed E-state index contributed by atoms with van der Waals surface area (Å²) in [6.45, 7) is 7.09. The van der Waals surface area contributed by atoms with Crippen LogP contribution >= 0.6 is 103 Å². The van der Waals surface area contributed by atoms with E-state index in [0.717, 1.165) is 6.08 Å². The number of amides is 3. The molecule has 0 aliphatic carbocycles. The Morgan fingerprint density at radius 3 is 0.891 bits per heavy atom. The van der Waals surface area contributed by atoms with Crippen LogP contribution in [0.1, 0.15) is 47.5 Å². The maximum Gasteiger partial charge on any atom is 1.00 e. The third kappa shape index (κ3) is 82.6. The van der Waals surface area contributed by atoms with E-state index in [1.165, 1.54) is 178 Å². The number of rotatable bonds is 19. The van der Waals surface area contributed by atoms with Gasteiger partial charge in [-0.25, -0.2) is 17.9 Å². The van der Waals surface area contributed by atoms with Crippen LogP contribution in [0.2, 0.25) is 35.2 Å². The summed E-state index contributed by atoms with van der Waals surface area (Å²) >= 11 is 38.7. The number of Topliss-reactive ketones (excluding diaryl/α,β-unsaturated/α-hetero) is 2. The number of carbonyl (C=O) groups excluding carboxylic acids is 7. The summed E-state index contributed by atoms with van der Waals surface area (Å²) in [7, 11) is -23.0. The quantitative estimate of drug-likeness (QED) is 0.0112. The first-order valence-corrected chi connectivity index (χ1v) is 46.3. The molecule has 10 rings (SSSR count). The van der Waals surface area contributed by atoms with Gasteiger partial charge in [0.05, 0.1) is 40.1 Å². The van der Waals surface area contributed by atoms with E-state index in [9.17, 15) is 106 Å². The molecule has 10 N–H and O–H groups in total. The van der Waals surface area contributed by atoms with Crippen LogP contribution in [0, 0.1) is 0 Å². The number of nitrogens with two attached hydrogens (primary N) is 2. The molecule has 0 spiro atoms. The molecule has 3 amide bonds. The van der Waals surface area contributed by atoms with Crippen molar-refractivity contribution < 1.29 is 324 Å². The molecular formula is C66H66Cl10K2N6Na2O34S8. The van der Waals surface area contributed by atoms with Crippen molar-refractivity contribution in [1.82, 2.24) is 15.6 Å². The van der Waals surface area contributed by atoms with E-state index in [1.54, 1.807) is 51.9 Å². The molecule has 2 aliphatic heterocycles. The van der Waals surface area contributed by atoms with Crippen molar-refractivity contribution in [3.63, 3.8) is 0 Å². The van der Waals surface area contributed by atoms with Crippen LogP contribution in [0.15, 0.2) is 224 Å². The van der Waals surface area contributed by atoms with E-state index in [0.29, 0.717) is 47.3 Å². The first-order valence-electron chi connectivity index (χ1n) is 30.6. The van der Waals surface area contributed by atoms with Gasteiger partial charge in [0.2, 0.25) is 11.8 Å². The topological polar surface area (TPSA) is 658 Å². The summed E-state index contributed by atoms with van der Waals surface area (Å²) in [5.41, 5.74) is -0.535. The maximum absolute atomic E-state index is 11.4. The minimum Gasteiger partial charge on any atom is -1.00 e. The van der Waals surface area contributed by atoms with E-state index < -0.39 is 128 Å². The molecule has 0 aromatic heterocycles. The first kappa shape index (κ1) is 139. The van der Waals surface area contributed by atoms with Gasteiger partial charge in [-0.15, -0.1) is 11.5 Å². The number of nitrogens with zero attached hydrogens (tertiary/aromatic N) is 1. The van der Waals surface area contributed by atoms with Crippen LogP contribution in [-0.4, -0.2) is 113 Å². The van der Waals surface area contributed by atoms with Gasteiger partial charge in [-0.2, -0.15) is 69.2 Å². The number of carbonyl (C=O) groups is 7. The third-order valence-electron chi connectivity index (χ3n) is 10.5. The van der Waals surface area contributed by atoms with E-state index in [1.807, 2.05) is 0 Å². The number of ether oxygens (including phenoxy) is 1. The number of nitrogens with one attached hydrogen (secondary N) is 2. The summed E-state index contributed by atoms with van der Waals surface area (Å²) in [5, 5.41) is 33.6. The van der Waals surface area contributed by atoms with Gasteiger partial charge in [0.25, 0.3) is 15.9 Å². The van der Waals surface area contributed by atoms with Gasteiger partial charge in [-0.05, 0) is 178 Å². The Bertz CT molecular complexity index is 5390. The molecule has 0 unspecified atom stereocenters. The Balaban J connectivity index is -0.000000208. The molecule has 62 heteroatoms. The molecule has 1 fully saturated rings.